The number of para-hydroxylation sites is 2. The fourth-order valence-corrected chi connectivity index (χ4v) is 2.02. The van der Waals surface area contributed by atoms with E-state index >= 15 is 0 Å². The Labute approximate surface area is 145 Å². The lowest BCUT2D eigenvalue weighted by molar-refractivity contribution is -0.385. The number of hydrogen-bond donors (Lipinski definition) is 3. The van der Waals surface area contributed by atoms with Crippen molar-refractivity contribution in [2.24, 2.45) is 0 Å². The van der Waals surface area contributed by atoms with Crippen molar-refractivity contribution in [3.8, 4) is 5.75 Å². The maximum absolute atomic E-state index is 11.9. The zero-order chi connectivity index (χ0) is 19.3. The molecule has 0 bridgehead atoms. The molecule has 0 saturated carbocycles. The van der Waals surface area contributed by atoms with Crippen LogP contribution in [0.4, 0.5) is 11.4 Å². The molecular formula is C16H12N2O8. The normalized spacial score (nSPS) is 10.0. The van der Waals surface area contributed by atoms with Gasteiger partial charge in [-0.15, -0.1) is 0 Å². The number of aromatic carboxylic acids is 2. The third-order valence-electron chi connectivity index (χ3n) is 3.13. The van der Waals surface area contributed by atoms with Crippen molar-refractivity contribution in [3.05, 3.63) is 63.7 Å². The van der Waals surface area contributed by atoms with Gasteiger partial charge >= 0.3 is 17.6 Å². The van der Waals surface area contributed by atoms with Crippen LogP contribution in [0, 0.1) is 10.1 Å². The molecule has 0 saturated heterocycles. The predicted molar refractivity (Wildman–Crippen MR) is 87.6 cm³/mol. The first-order valence-electron chi connectivity index (χ1n) is 7.05. The summed E-state index contributed by atoms with van der Waals surface area (Å²) in [5, 5.41) is 31.1. The van der Waals surface area contributed by atoms with Gasteiger partial charge in [0.25, 0.3) is 5.91 Å². The lowest BCUT2D eigenvalue weighted by Crippen LogP contribution is -2.21. The van der Waals surface area contributed by atoms with Gasteiger partial charge in [0, 0.05) is 11.8 Å². The van der Waals surface area contributed by atoms with Gasteiger partial charge in [0.15, 0.2) is 12.4 Å². The standard InChI is InChI=1S/C16H12N2O8/c19-14(8-26-13-4-2-1-3-12(13)18(24)25)17-11-6-9(15(20)21)5-10(7-11)16(22)23/h1-7H,8H2,(H,17,19)(H,20,21)(H,22,23). The summed E-state index contributed by atoms with van der Waals surface area (Å²) in [6.07, 6.45) is 0. The van der Waals surface area contributed by atoms with Crippen LogP contribution in [0.25, 0.3) is 0 Å². The van der Waals surface area contributed by atoms with E-state index in [4.69, 9.17) is 14.9 Å². The summed E-state index contributed by atoms with van der Waals surface area (Å²) < 4.78 is 5.10. The molecule has 0 unspecified atom stereocenters. The van der Waals surface area contributed by atoms with Gasteiger partial charge in [-0.2, -0.15) is 0 Å². The zero-order valence-corrected chi connectivity index (χ0v) is 13.0. The molecule has 10 heteroatoms. The molecule has 0 spiro atoms. The number of hydrogen-bond acceptors (Lipinski definition) is 6. The van der Waals surface area contributed by atoms with Crippen LogP contribution in [-0.4, -0.2) is 39.6 Å². The van der Waals surface area contributed by atoms with Gasteiger partial charge in [0.1, 0.15) is 0 Å². The van der Waals surface area contributed by atoms with Crippen molar-refractivity contribution >= 4 is 29.2 Å². The number of nitro benzene ring substituents is 1. The molecule has 3 N–H and O–H groups in total. The fourth-order valence-electron chi connectivity index (χ4n) is 2.02. The number of amides is 1. The molecule has 134 valence electrons. The van der Waals surface area contributed by atoms with Crippen LogP contribution in [0.1, 0.15) is 20.7 Å². The molecule has 0 aliphatic carbocycles. The number of carboxylic acid groups (broad SMARTS) is 2. The minimum Gasteiger partial charge on any atom is -0.478 e. The molecule has 2 aromatic carbocycles. The molecule has 0 fully saturated rings. The maximum atomic E-state index is 11.9. The Balaban J connectivity index is 2.12. The van der Waals surface area contributed by atoms with Gasteiger partial charge in [-0.1, -0.05) is 12.1 Å². The number of nitrogens with zero attached hydrogens (tertiary/aromatic N) is 1. The molecule has 26 heavy (non-hydrogen) atoms. The zero-order valence-electron chi connectivity index (χ0n) is 13.0. The Hall–Kier alpha value is -3.95. The summed E-state index contributed by atoms with van der Waals surface area (Å²) in [5.74, 6) is -3.58. The molecule has 2 aromatic rings. The lowest BCUT2D eigenvalue weighted by Gasteiger charge is -2.09. The third-order valence-corrected chi connectivity index (χ3v) is 3.13. The van der Waals surface area contributed by atoms with Crippen molar-refractivity contribution in [2.45, 2.75) is 0 Å². The molecule has 0 heterocycles. The fraction of sp³-hybridized carbons (Fsp3) is 0.0625. The number of anilines is 1. The lowest BCUT2D eigenvalue weighted by atomic mass is 10.1. The van der Waals surface area contributed by atoms with E-state index in [0.717, 1.165) is 18.2 Å². The number of nitro groups is 1. The average Bonchev–Trinajstić information content (AvgIpc) is 2.59. The summed E-state index contributed by atoms with van der Waals surface area (Å²) in [6, 6.07) is 8.58. The predicted octanol–water partition coefficient (Wildman–Crippen LogP) is 2.01. The van der Waals surface area contributed by atoms with Crippen molar-refractivity contribution in [1.82, 2.24) is 0 Å². The van der Waals surface area contributed by atoms with E-state index in [1.165, 1.54) is 24.3 Å². The van der Waals surface area contributed by atoms with Gasteiger partial charge in [0.05, 0.1) is 16.1 Å². The van der Waals surface area contributed by atoms with E-state index in [9.17, 15) is 24.5 Å². The van der Waals surface area contributed by atoms with E-state index in [2.05, 4.69) is 5.32 Å². The number of carbonyl (C=O) groups is 3. The van der Waals surface area contributed by atoms with Gasteiger partial charge in [-0.05, 0) is 24.3 Å². The summed E-state index contributed by atoms with van der Waals surface area (Å²) in [7, 11) is 0. The smallest absolute Gasteiger partial charge is 0.335 e. The molecule has 0 aliphatic heterocycles. The van der Waals surface area contributed by atoms with E-state index in [-0.39, 0.29) is 28.3 Å². The average molecular weight is 360 g/mol. The van der Waals surface area contributed by atoms with Gasteiger partial charge < -0.3 is 20.3 Å². The third kappa shape index (κ3) is 4.54. The summed E-state index contributed by atoms with van der Waals surface area (Å²) in [4.78, 5) is 44.2. The van der Waals surface area contributed by atoms with Crippen molar-refractivity contribution in [1.29, 1.82) is 0 Å². The second kappa shape index (κ2) is 7.75. The monoisotopic (exact) mass is 360 g/mol. The highest BCUT2D eigenvalue weighted by atomic mass is 16.6. The van der Waals surface area contributed by atoms with Crippen LogP contribution in [0.3, 0.4) is 0 Å². The first-order valence-corrected chi connectivity index (χ1v) is 7.05. The van der Waals surface area contributed by atoms with Crippen LogP contribution >= 0.6 is 0 Å². The number of ether oxygens (including phenoxy) is 1. The van der Waals surface area contributed by atoms with E-state index in [0.29, 0.717) is 0 Å². The van der Waals surface area contributed by atoms with Gasteiger partial charge in [0.2, 0.25) is 0 Å². The number of carbonyl (C=O) groups excluding carboxylic acids is 1. The summed E-state index contributed by atoms with van der Waals surface area (Å²) in [6.45, 7) is -0.593. The quantitative estimate of drug-likeness (QED) is 0.500. The number of carboxylic acids is 2. The molecule has 0 radical (unpaired) electrons. The molecule has 0 atom stereocenters. The Morgan fingerprint density at radius 1 is 1.04 bits per heavy atom. The first kappa shape index (κ1) is 18.4. The summed E-state index contributed by atoms with van der Waals surface area (Å²) in [5.41, 5.74) is -1.01. The van der Waals surface area contributed by atoms with E-state index < -0.39 is 29.4 Å². The highest BCUT2D eigenvalue weighted by Gasteiger charge is 2.16. The topological polar surface area (TPSA) is 156 Å². The second-order valence-electron chi connectivity index (χ2n) is 4.97. The van der Waals surface area contributed by atoms with Crippen LogP contribution < -0.4 is 10.1 Å². The Morgan fingerprint density at radius 3 is 2.15 bits per heavy atom. The van der Waals surface area contributed by atoms with Gasteiger partial charge in [-0.3, -0.25) is 14.9 Å². The highest BCUT2D eigenvalue weighted by Crippen LogP contribution is 2.25. The minimum absolute atomic E-state index is 0.0570. The number of benzene rings is 2. The first-order chi connectivity index (χ1) is 12.3. The Kier molecular flexibility index (Phi) is 5.48. The largest absolute Gasteiger partial charge is 0.478 e. The Morgan fingerprint density at radius 2 is 1.62 bits per heavy atom. The maximum Gasteiger partial charge on any atom is 0.335 e. The van der Waals surface area contributed by atoms with Crippen molar-refractivity contribution < 1.29 is 34.3 Å². The van der Waals surface area contributed by atoms with Crippen molar-refractivity contribution in [2.75, 3.05) is 11.9 Å². The van der Waals surface area contributed by atoms with Crippen LogP contribution in [0.2, 0.25) is 0 Å². The Bertz CT molecular complexity index is 861. The molecular weight excluding hydrogens is 348 g/mol. The molecule has 10 nitrogen and oxygen atoms in total. The van der Waals surface area contributed by atoms with Crippen LogP contribution in [0.5, 0.6) is 5.75 Å². The second-order valence-corrected chi connectivity index (χ2v) is 4.97. The molecule has 2 rings (SSSR count). The van der Waals surface area contributed by atoms with Crippen LogP contribution in [0.15, 0.2) is 42.5 Å². The number of nitrogens with one attached hydrogen (secondary N) is 1. The van der Waals surface area contributed by atoms with E-state index in [1.54, 1.807) is 0 Å². The molecule has 0 aromatic heterocycles. The van der Waals surface area contributed by atoms with Gasteiger partial charge in [-0.25, -0.2) is 9.59 Å². The highest BCUT2D eigenvalue weighted by molar-refractivity contribution is 5.98. The van der Waals surface area contributed by atoms with E-state index in [1.807, 2.05) is 0 Å². The van der Waals surface area contributed by atoms with Crippen LogP contribution in [-0.2, 0) is 4.79 Å². The molecule has 0 aliphatic rings. The summed E-state index contributed by atoms with van der Waals surface area (Å²) >= 11 is 0. The minimum atomic E-state index is -1.36. The number of rotatable bonds is 7. The van der Waals surface area contributed by atoms with Crippen molar-refractivity contribution in [3.63, 3.8) is 0 Å². The molecule has 1 amide bonds. The SMILES string of the molecule is O=C(COc1ccccc1[N+](=O)[O-])Nc1cc(C(=O)O)cc(C(=O)O)c1.